The highest BCUT2D eigenvalue weighted by molar-refractivity contribution is 6.79. The summed E-state index contributed by atoms with van der Waals surface area (Å²) in [6.45, 7) is 9.59. The fourth-order valence-electron chi connectivity index (χ4n) is 2.50. The first-order chi connectivity index (χ1) is 7.45. The van der Waals surface area contributed by atoms with Crippen molar-refractivity contribution in [1.29, 1.82) is 0 Å². The lowest BCUT2D eigenvalue weighted by Gasteiger charge is -2.32. The van der Waals surface area contributed by atoms with Crippen LogP contribution in [0.3, 0.4) is 0 Å². The first kappa shape index (κ1) is 16.5. The van der Waals surface area contributed by atoms with Crippen LogP contribution in [0.4, 0.5) is 0 Å². The molecular weight excluding hydrogens is 234 g/mol. The van der Waals surface area contributed by atoms with Crippen molar-refractivity contribution < 1.29 is 4.48 Å². The van der Waals surface area contributed by atoms with Gasteiger partial charge in [0.1, 0.15) is 0 Å². The van der Waals surface area contributed by atoms with E-state index in [0.29, 0.717) is 0 Å². The van der Waals surface area contributed by atoms with E-state index >= 15 is 0 Å². The molecule has 0 rings (SSSR count). The van der Waals surface area contributed by atoms with Gasteiger partial charge in [0, 0.05) is 0 Å². The third kappa shape index (κ3) is 5.69. The molecule has 16 heavy (non-hydrogen) atoms. The van der Waals surface area contributed by atoms with Crippen molar-refractivity contribution in [3.8, 4) is 0 Å². The number of alkyl halides is 1. The van der Waals surface area contributed by atoms with Gasteiger partial charge in [-0.25, -0.2) is 0 Å². The molecule has 0 aromatic heterocycles. The minimum absolute atomic E-state index is 0.783. The topological polar surface area (TPSA) is 0 Å². The van der Waals surface area contributed by atoms with Gasteiger partial charge in [0.05, 0.1) is 41.1 Å². The number of hydrogen-bond acceptors (Lipinski definition) is 0. The molecule has 0 aliphatic heterocycles. The summed E-state index contributed by atoms with van der Waals surface area (Å²) in [7, 11) is 3.72. The van der Waals surface area contributed by atoms with E-state index in [2.05, 4.69) is 34.9 Å². The summed E-state index contributed by atoms with van der Waals surface area (Å²) in [6.07, 6.45) is 1.39. The zero-order chi connectivity index (χ0) is 12.7. The maximum absolute atomic E-state index is 5.83. The smallest absolute Gasteiger partial charge is 0.0920 e. The summed E-state index contributed by atoms with van der Waals surface area (Å²) in [5, 5.41) is 0. The van der Waals surface area contributed by atoms with Crippen molar-refractivity contribution in [2.45, 2.75) is 51.4 Å². The zero-order valence-corrected chi connectivity index (χ0v) is 13.7. The predicted molar refractivity (Wildman–Crippen MR) is 79.2 cm³/mol. The van der Waals surface area contributed by atoms with Crippen LogP contribution < -0.4 is 0 Å². The van der Waals surface area contributed by atoms with Gasteiger partial charge in [-0.1, -0.05) is 44.9 Å². The minimum atomic E-state index is -0.883. The lowest BCUT2D eigenvalue weighted by molar-refractivity contribution is -0.887. The fourth-order valence-corrected chi connectivity index (χ4v) is 6.43. The molecule has 0 atom stereocenters. The molecule has 3 heteroatoms. The van der Waals surface area contributed by atoms with E-state index in [1.807, 2.05) is 0 Å². The average molecular weight is 265 g/mol. The Hall–Kier alpha value is 0.467. The summed E-state index contributed by atoms with van der Waals surface area (Å²) < 4.78 is 1.09. The molecule has 0 amide bonds. The zero-order valence-electron chi connectivity index (χ0n) is 12.0. The van der Waals surface area contributed by atoms with Crippen LogP contribution in [0.1, 0.15) is 27.2 Å². The first-order valence-electron chi connectivity index (χ1n) is 6.83. The molecule has 0 aliphatic rings. The van der Waals surface area contributed by atoms with Gasteiger partial charge in [-0.2, -0.15) is 0 Å². The monoisotopic (exact) mass is 264 g/mol. The normalized spacial score (nSPS) is 13.1. The lowest BCUT2D eigenvalue weighted by atomic mass is 10.4. The van der Waals surface area contributed by atoms with Crippen LogP contribution >= 0.6 is 11.6 Å². The van der Waals surface area contributed by atoms with E-state index in [-0.39, 0.29) is 0 Å². The van der Waals surface area contributed by atoms with Crippen LogP contribution in [0.25, 0.3) is 0 Å². The Bertz CT molecular complexity index is 171. The summed E-state index contributed by atoms with van der Waals surface area (Å²) in [5.41, 5.74) is 0. The van der Waals surface area contributed by atoms with Gasteiger partial charge in [0.2, 0.25) is 0 Å². The van der Waals surface area contributed by atoms with Crippen molar-refractivity contribution in [3.05, 3.63) is 0 Å². The molecule has 0 saturated heterocycles. The Labute approximate surface area is 109 Å². The van der Waals surface area contributed by atoms with E-state index in [1.54, 1.807) is 0 Å². The number of quaternary nitrogens is 1. The van der Waals surface area contributed by atoms with Crippen LogP contribution in [0, 0.1) is 0 Å². The Kier molecular flexibility index (Phi) is 7.95. The summed E-state index contributed by atoms with van der Waals surface area (Å²) >= 11 is 5.83. The van der Waals surface area contributed by atoms with Crippen LogP contribution in [-0.2, 0) is 0 Å². The molecule has 0 aliphatic carbocycles. The Morgan fingerprint density at radius 2 is 1.44 bits per heavy atom. The van der Waals surface area contributed by atoms with Crippen molar-refractivity contribution >= 4 is 19.7 Å². The standard InChI is InChI=1S/C13H31ClNSi/c1-6-16(7-2,8-3)13-9-11-15(4,5)12-10-14/h6-13H2,1-5H3/q+1. The van der Waals surface area contributed by atoms with Crippen molar-refractivity contribution in [3.63, 3.8) is 0 Å². The SMILES string of the molecule is CC[Si](CC)(CC)CCC[N+](C)(C)CCCl. The van der Waals surface area contributed by atoms with E-state index in [9.17, 15) is 0 Å². The molecule has 0 bridgehead atoms. The van der Waals surface area contributed by atoms with Crippen LogP contribution in [-0.4, -0.2) is 45.6 Å². The Balaban J connectivity index is 4.04. The largest absolute Gasteiger partial charge is 0.328 e. The van der Waals surface area contributed by atoms with Gasteiger partial charge in [0.25, 0.3) is 0 Å². The van der Waals surface area contributed by atoms with E-state index < -0.39 is 8.07 Å². The van der Waals surface area contributed by atoms with Gasteiger partial charge in [0.15, 0.2) is 0 Å². The van der Waals surface area contributed by atoms with Gasteiger partial charge >= 0.3 is 0 Å². The van der Waals surface area contributed by atoms with E-state index in [4.69, 9.17) is 11.6 Å². The van der Waals surface area contributed by atoms with Crippen LogP contribution in [0.5, 0.6) is 0 Å². The second-order valence-electron chi connectivity index (χ2n) is 5.74. The Morgan fingerprint density at radius 1 is 0.938 bits per heavy atom. The number of hydrogen-bond donors (Lipinski definition) is 0. The van der Waals surface area contributed by atoms with Crippen LogP contribution in [0.2, 0.25) is 24.2 Å². The molecule has 0 spiro atoms. The minimum Gasteiger partial charge on any atom is -0.328 e. The molecule has 0 aromatic rings. The van der Waals surface area contributed by atoms with E-state index in [0.717, 1.165) is 16.9 Å². The molecule has 0 radical (unpaired) electrons. The van der Waals surface area contributed by atoms with E-state index in [1.165, 1.54) is 37.1 Å². The first-order valence-corrected chi connectivity index (χ1v) is 10.2. The highest BCUT2D eigenvalue weighted by atomic mass is 35.5. The van der Waals surface area contributed by atoms with Crippen LogP contribution in [0.15, 0.2) is 0 Å². The molecular formula is C13H31ClNSi+. The van der Waals surface area contributed by atoms with Crippen molar-refractivity contribution in [2.75, 3.05) is 33.1 Å². The number of nitrogens with zero attached hydrogens (tertiary/aromatic N) is 1. The van der Waals surface area contributed by atoms with Gasteiger partial charge in [-0.15, -0.1) is 11.6 Å². The predicted octanol–water partition coefficient (Wildman–Crippen LogP) is 4.20. The molecule has 1 nitrogen and oxygen atoms in total. The fraction of sp³-hybridized carbons (Fsp3) is 1.00. The van der Waals surface area contributed by atoms with Crippen molar-refractivity contribution in [2.24, 2.45) is 0 Å². The highest BCUT2D eigenvalue weighted by Crippen LogP contribution is 2.26. The number of rotatable bonds is 9. The lowest BCUT2D eigenvalue weighted by Crippen LogP contribution is -2.43. The highest BCUT2D eigenvalue weighted by Gasteiger charge is 2.27. The summed E-state index contributed by atoms with van der Waals surface area (Å²) in [5.74, 6) is 0.783. The maximum atomic E-state index is 5.83. The molecule has 0 fully saturated rings. The molecule has 0 heterocycles. The Morgan fingerprint density at radius 3 is 1.81 bits per heavy atom. The average Bonchev–Trinajstić information content (AvgIpc) is 2.25. The third-order valence-electron chi connectivity index (χ3n) is 4.41. The van der Waals surface area contributed by atoms with Gasteiger partial charge in [-0.3, -0.25) is 0 Å². The quantitative estimate of drug-likeness (QED) is 0.333. The molecule has 98 valence electrons. The maximum Gasteiger partial charge on any atom is 0.0920 e. The molecule has 0 saturated carbocycles. The second-order valence-corrected chi connectivity index (χ2v) is 11.7. The van der Waals surface area contributed by atoms with Gasteiger partial charge in [-0.05, 0) is 6.42 Å². The molecule has 0 unspecified atom stereocenters. The summed E-state index contributed by atoms with van der Waals surface area (Å²) in [6, 6.07) is 5.90. The molecule has 0 N–H and O–H groups in total. The summed E-state index contributed by atoms with van der Waals surface area (Å²) in [4.78, 5) is 0. The van der Waals surface area contributed by atoms with Crippen molar-refractivity contribution in [1.82, 2.24) is 0 Å². The van der Waals surface area contributed by atoms with Gasteiger partial charge < -0.3 is 4.48 Å². The number of halogens is 1. The molecule has 0 aromatic carbocycles. The second kappa shape index (κ2) is 7.73. The third-order valence-corrected chi connectivity index (χ3v) is 10.5.